The van der Waals surface area contributed by atoms with Gasteiger partial charge < -0.3 is 0 Å². The first-order chi connectivity index (χ1) is 5.47. The molecule has 1 aromatic heterocycles. The fourth-order valence-corrected chi connectivity index (χ4v) is 1.07. The van der Waals surface area contributed by atoms with Gasteiger partial charge in [-0.25, -0.2) is 10.1 Å². The van der Waals surface area contributed by atoms with Gasteiger partial charge in [0.05, 0.1) is 12.4 Å². The van der Waals surface area contributed by atoms with Crippen LogP contribution in [0.2, 0.25) is 5.15 Å². The van der Waals surface area contributed by atoms with E-state index in [-0.39, 0.29) is 11.0 Å². The van der Waals surface area contributed by atoms with Crippen molar-refractivity contribution in [2.24, 2.45) is 5.14 Å². The highest BCUT2D eigenvalue weighted by Gasteiger charge is 2.03. The van der Waals surface area contributed by atoms with Gasteiger partial charge in [-0.05, 0) is 0 Å². The van der Waals surface area contributed by atoms with Crippen LogP contribution < -0.4 is 9.86 Å². The second kappa shape index (κ2) is 3.21. The molecule has 12 heavy (non-hydrogen) atoms. The van der Waals surface area contributed by atoms with Crippen molar-refractivity contribution < 1.29 is 8.42 Å². The highest BCUT2D eigenvalue weighted by molar-refractivity contribution is 7.90. The lowest BCUT2D eigenvalue weighted by Gasteiger charge is -2.00. The smallest absolute Gasteiger partial charge is 0.258 e. The SMILES string of the molecule is NS(=O)(=O)Nc1cncc(Cl)n1. The Kier molecular flexibility index (Phi) is 2.46. The van der Waals surface area contributed by atoms with Crippen LogP contribution in [0.3, 0.4) is 0 Å². The summed E-state index contributed by atoms with van der Waals surface area (Å²) in [6, 6.07) is 0. The van der Waals surface area contributed by atoms with E-state index in [0.717, 1.165) is 0 Å². The maximum atomic E-state index is 10.5. The molecule has 0 amide bonds. The van der Waals surface area contributed by atoms with Crippen molar-refractivity contribution in [1.82, 2.24) is 9.97 Å². The number of nitrogens with zero attached hydrogens (tertiary/aromatic N) is 2. The molecule has 0 aliphatic rings. The van der Waals surface area contributed by atoms with E-state index < -0.39 is 10.2 Å². The lowest BCUT2D eigenvalue weighted by atomic mass is 10.7. The fourth-order valence-electron chi connectivity index (χ4n) is 0.537. The molecule has 6 nitrogen and oxygen atoms in total. The molecule has 0 spiro atoms. The molecule has 8 heteroatoms. The number of halogens is 1. The molecular weight excluding hydrogens is 204 g/mol. The molecule has 0 aliphatic carbocycles. The van der Waals surface area contributed by atoms with Crippen molar-refractivity contribution in [3.8, 4) is 0 Å². The Hall–Kier alpha value is -0.920. The average Bonchev–Trinajstić information content (AvgIpc) is 1.82. The van der Waals surface area contributed by atoms with Gasteiger partial charge >= 0.3 is 0 Å². The van der Waals surface area contributed by atoms with Gasteiger partial charge in [0.1, 0.15) is 5.15 Å². The first-order valence-corrected chi connectivity index (χ1v) is 4.68. The summed E-state index contributed by atoms with van der Waals surface area (Å²) in [7, 11) is -3.81. The van der Waals surface area contributed by atoms with Gasteiger partial charge in [-0.15, -0.1) is 0 Å². The summed E-state index contributed by atoms with van der Waals surface area (Å²) >= 11 is 5.42. The maximum absolute atomic E-state index is 10.5. The summed E-state index contributed by atoms with van der Waals surface area (Å²) in [5.41, 5.74) is 0. The van der Waals surface area contributed by atoms with Crippen molar-refractivity contribution in [3.63, 3.8) is 0 Å². The predicted octanol–water partition coefficient (Wildman–Crippen LogP) is -0.255. The zero-order chi connectivity index (χ0) is 9.19. The number of hydrogen-bond donors (Lipinski definition) is 2. The van der Waals surface area contributed by atoms with E-state index in [1.807, 2.05) is 4.72 Å². The molecule has 0 fully saturated rings. The standard InChI is InChI=1S/C4H5ClN4O2S/c5-3-1-7-2-4(8-3)9-12(6,10)11/h1-2H,(H,8,9)(H2,6,10,11). The Morgan fingerprint density at radius 1 is 1.50 bits per heavy atom. The third-order valence-electron chi connectivity index (χ3n) is 0.852. The van der Waals surface area contributed by atoms with Crippen molar-refractivity contribution in [2.75, 3.05) is 4.72 Å². The molecule has 1 heterocycles. The molecule has 0 aromatic carbocycles. The largest absolute Gasteiger partial charge is 0.297 e. The van der Waals surface area contributed by atoms with E-state index in [1.165, 1.54) is 12.4 Å². The second-order valence-electron chi connectivity index (χ2n) is 1.87. The minimum Gasteiger partial charge on any atom is -0.258 e. The van der Waals surface area contributed by atoms with Gasteiger partial charge in [0, 0.05) is 0 Å². The van der Waals surface area contributed by atoms with Crippen LogP contribution in [0, 0.1) is 0 Å². The monoisotopic (exact) mass is 208 g/mol. The first kappa shape index (κ1) is 9.17. The Bertz CT molecular complexity index is 378. The van der Waals surface area contributed by atoms with Crippen molar-refractivity contribution in [1.29, 1.82) is 0 Å². The number of aromatic nitrogens is 2. The van der Waals surface area contributed by atoms with Crippen molar-refractivity contribution in [2.45, 2.75) is 0 Å². The summed E-state index contributed by atoms with van der Waals surface area (Å²) in [6.07, 6.45) is 2.46. The number of nitrogens with two attached hydrogens (primary N) is 1. The molecular formula is C4H5ClN4O2S. The molecule has 0 radical (unpaired) electrons. The normalized spacial score (nSPS) is 11.2. The van der Waals surface area contributed by atoms with Crippen LogP contribution in [0.25, 0.3) is 0 Å². The summed E-state index contributed by atoms with van der Waals surface area (Å²) in [5.74, 6) is -0.00926. The van der Waals surface area contributed by atoms with Crippen LogP contribution in [0.15, 0.2) is 12.4 Å². The number of rotatable bonds is 2. The Labute approximate surface area is 74.0 Å². The molecule has 0 saturated heterocycles. The zero-order valence-corrected chi connectivity index (χ0v) is 7.30. The van der Waals surface area contributed by atoms with Crippen molar-refractivity contribution in [3.05, 3.63) is 17.5 Å². The maximum Gasteiger partial charge on any atom is 0.297 e. The Morgan fingerprint density at radius 3 is 2.67 bits per heavy atom. The second-order valence-corrected chi connectivity index (χ2v) is 3.56. The fraction of sp³-hybridized carbons (Fsp3) is 0. The molecule has 1 aromatic rings. The van der Waals surface area contributed by atoms with Crippen molar-refractivity contribution >= 4 is 27.6 Å². The van der Waals surface area contributed by atoms with Gasteiger partial charge in [0.2, 0.25) is 0 Å². The Morgan fingerprint density at radius 2 is 2.17 bits per heavy atom. The Balaban J connectivity index is 2.91. The molecule has 0 unspecified atom stereocenters. The molecule has 3 N–H and O–H groups in total. The molecule has 0 bridgehead atoms. The van der Waals surface area contributed by atoms with Crippen LogP contribution in [0.4, 0.5) is 5.82 Å². The topological polar surface area (TPSA) is 98.0 Å². The van der Waals surface area contributed by atoms with Crippen LogP contribution in [0.5, 0.6) is 0 Å². The lowest BCUT2D eigenvalue weighted by molar-refractivity contribution is 0.602. The van der Waals surface area contributed by atoms with Crippen LogP contribution in [0.1, 0.15) is 0 Å². The van der Waals surface area contributed by atoms with E-state index in [1.54, 1.807) is 0 Å². The van der Waals surface area contributed by atoms with E-state index >= 15 is 0 Å². The summed E-state index contributed by atoms with van der Waals surface area (Å²) < 4.78 is 22.8. The average molecular weight is 209 g/mol. The van der Waals surface area contributed by atoms with Gasteiger partial charge in [0.25, 0.3) is 10.2 Å². The zero-order valence-electron chi connectivity index (χ0n) is 5.73. The predicted molar refractivity (Wildman–Crippen MR) is 43.8 cm³/mol. The highest BCUT2D eigenvalue weighted by atomic mass is 35.5. The molecule has 0 aliphatic heterocycles. The molecule has 0 atom stereocenters. The summed E-state index contributed by atoms with van der Waals surface area (Å²) in [4.78, 5) is 7.18. The van der Waals surface area contributed by atoms with E-state index in [9.17, 15) is 8.42 Å². The highest BCUT2D eigenvalue weighted by Crippen LogP contribution is 2.06. The van der Waals surface area contributed by atoms with Crippen LogP contribution in [-0.2, 0) is 10.2 Å². The quantitative estimate of drug-likeness (QED) is 0.700. The summed E-state index contributed by atoms with van der Waals surface area (Å²) in [5, 5.41) is 4.75. The lowest BCUT2D eigenvalue weighted by Crippen LogP contribution is -2.22. The van der Waals surface area contributed by atoms with Gasteiger partial charge in [-0.2, -0.15) is 8.42 Å². The number of anilines is 1. The number of hydrogen-bond acceptors (Lipinski definition) is 4. The minimum atomic E-state index is -3.81. The van der Waals surface area contributed by atoms with Gasteiger partial charge in [0.15, 0.2) is 5.82 Å². The minimum absolute atomic E-state index is 0.00926. The van der Waals surface area contributed by atoms with E-state index in [4.69, 9.17) is 11.6 Å². The van der Waals surface area contributed by atoms with Crippen LogP contribution >= 0.6 is 11.6 Å². The van der Waals surface area contributed by atoms with E-state index in [0.29, 0.717) is 0 Å². The molecule has 1 rings (SSSR count). The van der Waals surface area contributed by atoms with Crippen LogP contribution in [-0.4, -0.2) is 18.4 Å². The first-order valence-electron chi connectivity index (χ1n) is 2.75. The number of nitrogens with one attached hydrogen (secondary N) is 1. The molecule has 0 saturated carbocycles. The van der Waals surface area contributed by atoms with Gasteiger partial charge in [-0.3, -0.25) is 9.71 Å². The third kappa shape index (κ3) is 2.99. The van der Waals surface area contributed by atoms with Gasteiger partial charge in [-0.1, -0.05) is 11.6 Å². The summed E-state index contributed by atoms with van der Waals surface area (Å²) in [6.45, 7) is 0. The molecule has 66 valence electrons. The third-order valence-corrected chi connectivity index (χ3v) is 1.53. The van der Waals surface area contributed by atoms with E-state index in [2.05, 4.69) is 15.1 Å².